The van der Waals surface area contributed by atoms with E-state index in [1.165, 1.54) is 26.4 Å². The van der Waals surface area contributed by atoms with Crippen LogP contribution in [-0.4, -0.2) is 59.4 Å². The molecule has 1 aliphatic heterocycles. The van der Waals surface area contributed by atoms with E-state index in [0.717, 1.165) is 25.9 Å². The van der Waals surface area contributed by atoms with E-state index in [2.05, 4.69) is 22.1 Å². The van der Waals surface area contributed by atoms with Gasteiger partial charge in [-0.25, -0.2) is 0 Å². The van der Waals surface area contributed by atoms with E-state index in [1.807, 2.05) is 6.08 Å². The molecular weight excluding hydrogens is 458 g/mol. The maximum absolute atomic E-state index is 13.0. The fourth-order valence-corrected chi connectivity index (χ4v) is 4.95. The Morgan fingerprint density at radius 3 is 2.65 bits per heavy atom. The molecular formula is C24H31N3O6S. The van der Waals surface area contributed by atoms with Crippen molar-refractivity contribution in [2.45, 2.75) is 24.8 Å². The van der Waals surface area contributed by atoms with Crippen LogP contribution in [0.3, 0.4) is 0 Å². The topological polar surface area (TPSA) is 106 Å². The summed E-state index contributed by atoms with van der Waals surface area (Å²) < 4.78 is 41.2. The van der Waals surface area contributed by atoms with Crippen LogP contribution in [0.15, 0.2) is 55.1 Å². The molecule has 0 saturated carbocycles. The standard InChI is InChI=1S/C24H31N3O6S/c1-4-12-27-13-8-11-22(27)25-17-26-24(28)20-14-19(15-21(31-2)23(20)32-3)33-34(29,30)16-18-9-6-5-7-10-18/h4-7,9-10,14-15,22,25H,1,8,11-13,16-17H2,2-3H3,(H,26,28). The predicted molar refractivity (Wildman–Crippen MR) is 130 cm³/mol. The summed E-state index contributed by atoms with van der Waals surface area (Å²) in [6, 6.07) is 11.4. The highest BCUT2D eigenvalue weighted by Gasteiger charge is 2.24. The Bertz CT molecular complexity index is 1090. The maximum atomic E-state index is 13.0. The van der Waals surface area contributed by atoms with Gasteiger partial charge in [-0.05, 0) is 24.5 Å². The monoisotopic (exact) mass is 489 g/mol. The molecule has 1 aliphatic rings. The van der Waals surface area contributed by atoms with E-state index in [-0.39, 0.29) is 41.4 Å². The summed E-state index contributed by atoms with van der Waals surface area (Å²) >= 11 is 0. The van der Waals surface area contributed by atoms with E-state index < -0.39 is 16.0 Å². The quantitative estimate of drug-likeness (QED) is 0.266. The number of hydrogen-bond acceptors (Lipinski definition) is 8. The number of rotatable bonds is 12. The van der Waals surface area contributed by atoms with Crippen LogP contribution in [0.2, 0.25) is 0 Å². The summed E-state index contributed by atoms with van der Waals surface area (Å²) in [5, 5.41) is 6.11. The number of amides is 1. The Morgan fingerprint density at radius 2 is 1.97 bits per heavy atom. The third kappa shape index (κ3) is 6.72. The fraction of sp³-hybridized carbons (Fsp3) is 0.375. The molecule has 3 rings (SSSR count). The van der Waals surface area contributed by atoms with Crippen LogP contribution >= 0.6 is 0 Å². The molecule has 1 heterocycles. The van der Waals surface area contributed by atoms with Crippen molar-refractivity contribution in [2.75, 3.05) is 34.0 Å². The molecule has 0 spiro atoms. The van der Waals surface area contributed by atoms with Gasteiger partial charge in [-0.15, -0.1) is 6.58 Å². The Hall–Kier alpha value is -3.08. The number of ether oxygens (including phenoxy) is 2. The van der Waals surface area contributed by atoms with Crippen molar-refractivity contribution < 1.29 is 26.9 Å². The van der Waals surface area contributed by atoms with Gasteiger partial charge in [-0.2, -0.15) is 8.42 Å². The SMILES string of the molecule is C=CCN1CCCC1NCNC(=O)c1cc(OS(=O)(=O)Cc2ccccc2)cc(OC)c1OC. The van der Waals surface area contributed by atoms with Gasteiger partial charge in [0.2, 0.25) is 0 Å². The van der Waals surface area contributed by atoms with Crippen molar-refractivity contribution in [2.24, 2.45) is 0 Å². The lowest BCUT2D eigenvalue weighted by Crippen LogP contribution is -2.46. The second kappa shape index (κ2) is 11.9. The molecule has 1 saturated heterocycles. The average Bonchev–Trinajstić information content (AvgIpc) is 3.25. The first-order chi connectivity index (χ1) is 16.4. The molecule has 0 aromatic heterocycles. The summed E-state index contributed by atoms with van der Waals surface area (Å²) in [4.78, 5) is 15.2. The number of carbonyl (C=O) groups is 1. The highest BCUT2D eigenvalue weighted by molar-refractivity contribution is 7.86. The van der Waals surface area contributed by atoms with E-state index in [0.29, 0.717) is 5.56 Å². The van der Waals surface area contributed by atoms with Gasteiger partial charge in [0.1, 0.15) is 11.5 Å². The number of hydrogen-bond donors (Lipinski definition) is 2. The Morgan fingerprint density at radius 1 is 1.21 bits per heavy atom. The Kier molecular flexibility index (Phi) is 8.91. The van der Waals surface area contributed by atoms with E-state index in [9.17, 15) is 13.2 Å². The minimum Gasteiger partial charge on any atom is -0.493 e. The van der Waals surface area contributed by atoms with E-state index in [4.69, 9.17) is 13.7 Å². The van der Waals surface area contributed by atoms with Crippen LogP contribution < -0.4 is 24.3 Å². The van der Waals surface area contributed by atoms with Gasteiger partial charge in [-0.3, -0.25) is 15.0 Å². The zero-order chi connectivity index (χ0) is 24.6. The van der Waals surface area contributed by atoms with Crippen molar-refractivity contribution in [1.29, 1.82) is 0 Å². The molecule has 0 aliphatic carbocycles. The fourth-order valence-electron chi connectivity index (χ4n) is 3.90. The van der Waals surface area contributed by atoms with E-state index >= 15 is 0 Å². The average molecular weight is 490 g/mol. The minimum atomic E-state index is -3.97. The van der Waals surface area contributed by atoms with Crippen LogP contribution in [0.4, 0.5) is 0 Å². The molecule has 1 fully saturated rings. The van der Waals surface area contributed by atoms with Gasteiger partial charge in [-0.1, -0.05) is 36.4 Å². The minimum absolute atomic E-state index is 0.0420. The molecule has 10 heteroatoms. The van der Waals surface area contributed by atoms with Crippen molar-refractivity contribution in [1.82, 2.24) is 15.5 Å². The van der Waals surface area contributed by atoms with Crippen molar-refractivity contribution >= 4 is 16.0 Å². The van der Waals surface area contributed by atoms with Crippen LogP contribution in [0.25, 0.3) is 0 Å². The Balaban J connectivity index is 1.73. The summed E-state index contributed by atoms with van der Waals surface area (Å²) in [6.45, 7) is 5.74. The predicted octanol–water partition coefficient (Wildman–Crippen LogP) is 2.50. The lowest BCUT2D eigenvalue weighted by molar-refractivity contribution is 0.0940. The van der Waals surface area contributed by atoms with Gasteiger partial charge in [0.25, 0.3) is 5.91 Å². The van der Waals surface area contributed by atoms with Gasteiger partial charge in [0.05, 0.1) is 32.6 Å². The molecule has 2 aromatic rings. The molecule has 34 heavy (non-hydrogen) atoms. The number of likely N-dealkylation sites (tertiary alicyclic amines) is 1. The number of nitrogens with one attached hydrogen (secondary N) is 2. The number of methoxy groups -OCH3 is 2. The first kappa shape index (κ1) is 25.5. The molecule has 1 amide bonds. The molecule has 2 N–H and O–H groups in total. The maximum Gasteiger partial charge on any atom is 0.313 e. The summed E-state index contributed by atoms with van der Waals surface area (Å²) in [5.74, 6) is -0.444. The zero-order valence-electron chi connectivity index (χ0n) is 19.5. The van der Waals surface area contributed by atoms with Gasteiger partial charge >= 0.3 is 10.1 Å². The number of benzene rings is 2. The highest BCUT2D eigenvalue weighted by atomic mass is 32.2. The summed E-state index contributed by atoms with van der Waals surface area (Å²) in [6.07, 6.45) is 4.05. The van der Waals surface area contributed by atoms with Gasteiger partial charge < -0.3 is 19.0 Å². The molecule has 1 atom stereocenters. The third-order valence-electron chi connectivity index (χ3n) is 5.42. The first-order valence-electron chi connectivity index (χ1n) is 11.0. The van der Waals surface area contributed by atoms with Crippen LogP contribution in [0, 0.1) is 0 Å². The van der Waals surface area contributed by atoms with Crippen LogP contribution in [0.1, 0.15) is 28.8 Å². The van der Waals surface area contributed by atoms with Crippen LogP contribution in [0.5, 0.6) is 17.2 Å². The lowest BCUT2D eigenvalue weighted by Gasteiger charge is -2.24. The number of carbonyl (C=O) groups excluding carboxylic acids is 1. The second-order valence-electron chi connectivity index (χ2n) is 7.81. The molecule has 184 valence electrons. The van der Waals surface area contributed by atoms with E-state index in [1.54, 1.807) is 30.3 Å². The zero-order valence-corrected chi connectivity index (χ0v) is 20.3. The molecule has 0 bridgehead atoms. The number of nitrogens with zero attached hydrogens (tertiary/aromatic N) is 1. The molecule has 2 aromatic carbocycles. The molecule has 9 nitrogen and oxygen atoms in total. The summed E-state index contributed by atoms with van der Waals surface area (Å²) in [7, 11) is -1.16. The molecule has 1 unspecified atom stereocenters. The Labute approximate surface area is 200 Å². The van der Waals surface area contributed by atoms with Gasteiger partial charge in [0.15, 0.2) is 11.5 Å². The first-order valence-corrected chi connectivity index (χ1v) is 12.5. The smallest absolute Gasteiger partial charge is 0.313 e. The summed E-state index contributed by atoms with van der Waals surface area (Å²) in [5.41, 5.74) is 0.687. The third-order valence-corrected chi connectivity index (χ3v) is 6.55. The normalized spacial score (nSPS) is 16.1. The largest absolute Gasteiger partial charge is 0.493 e. The molecule has 0 radical (unpaired) electrons. The van der Waals surface area contributed by atoms with Crippen molar-refractivity contribution in [3.05, 3.63) is 66.2 Å². The van der Waals surface area contributed by atoms with Crippen molar-refractivity contribution in [3.8, 4) is 17.2 Å². The van der Waals surface area contributed by atoms with Crippen LogP contribution in [-0.2, 0) is 15.9 Å². The van der Waals surface area contributed by atoms with Crippen molar-refractivity contribution in [3.63, 3.8) is 0 Å². The van der Waals surface area contributed by atoms with Gasteiger partial charge in [0, 0.05) is 19.2 Å². The lowest BCUT2D eigenvalue weighted by atomic mass is 10.1. The second-order valence-corrected chi connectivity index (χ2v) is 9.38. The highest BCUT2D eigenvalue weighted by Crippen LogP contribution is 2.36.